The number of hydrogen-bond acceptors (Lipinski definition) is 4. The number of benzene rings is 1. The summed E-state index contributed by atoms with van der Waals surface area (Å²) in [4.78, 5) is 10.7. The van der Waals surface area contributed by atoms with Crippen LogP contribution in [0.25, 0.3) is 11.3 Å². The molecule has 0 spiro atoms. The molecule has 0 aliphatic heterocycles. The van der Waals surface area contributed by atoms with Gasteiger partial charge in [0.25, 0.3) is 0 Å². The van der Waals surface area contributed by atoms with Gasteiger partial charge in [-0.2, -0.15) is 0 Å². The molecule has 0 aliphatic rings. The van der Waals surface area contributed by atoms with Crippen LogP contribution in [0.3, 0.4) is 0 Å². The maximum Gasteiger partial charge on any atom is 0.374 e. The van der Waals surface area contributed by atoms with E-state index in [9.17, 15) is 9.90 Å². The van der Waals surface area contributed by atoms with Crippen molar-refractivity contribution in [3.8, 4) is 17.0 Å². The summed E-state index contributed by atoms with van der Waals surface area (Å²) in [6.45, 7) is 1.96. The van der Waals surface area contributed by atoms with E-state index < -0.39 is 5.97 Å². The van der Waals surface area contributed by atoms with Crippen LogP contribution >= 0.6 is 0 Å². The predicted molar refractivity (Wildman–Crippen MR) is 59.9 cm³/mol. The second-order valence-electron chi connectivity index (χ2n) is 3.62. The molecule has 17 heavy (non-hydrogen) atoms. The Balaban J connectivity index is 2.44. The first-order valence-corrected chi connectivity index (χ1v) is 5.13. The standard InChI is InChI=1S/C12H11NO4/c1-2-7-3-8(5-9(14)4-7)10-6-11(12(15)16)17-13-10/h3-6,14H,2H2,1H3,(H,15,16). The average Bonchev–Trinajstić information content (AvgIpc) is 2.77. The van der Waals surface area contributed by atoms with Crippen LogP contribution in [0.4, 0.5) is 0 Å². The monoisotopic (exact) mass is 233 g/mol. The Kier molecular flexibility index (Phi) is 2.82. The zero-order valence-electron chi connectivity index (χ0n) is 9.17. The third kappa shape index (κ3) is 2.28. The average molecular weight is 233 g/mol. The van der Waals surface area contributed by atoms with Crippen molar-refractivity contribution in [1.29, 1.82) is 0 Å². The highest BCUT2D eigenvalue weighted by molar-refractivity contribution is 5.85. The van der Waals surface area contributed by atoms with Crippen LogP contribution in [0.2, 0.25) is 0 Å². The lowest BCUT2D eigenvalue weighted by Crippen LogP contribution is -1.91. The number of aromatic nitrogens is 1. The van der Waals surface area contributed by atoms with Gasteiger partial charge in [-0.25, -0.2) is 4.79 Å². The van der Waals surface area contributed by atoms with E-state index in [1.165, 1.54) is 12.1 Å². The Bertz CT molecular complexity index is 559. The van der Waals surface area contributed by atoms with E-state index >= 15 is 0 Å². The van der Waals surface area contributed by atoms with Crippen molar-refractivity contribution in [1.82, 2.24) is 5.16 Å². The Morgan fingerprint density at radius 3 is 2.71 bits per heavy atom. The topological polar surface area (TPSA) is 83.6 Å². The SMILES string of the molecule is CCc1cc(O)cc(-c2cc(C(=O)O)on2)c1. The molecule has 0 bridgehead atoms. The van der Waals surface area contributed by atoms with Crippen LogP contribution in [-0.4, -0.2) is 21.3 Å². The lowest BCUT2D eigenvalue weighted by Gasteiger charge is -2.01. The molecule has 5 heteroatoms. The summed E-state index contributed by atoms with van der Waals surface area (Å²) in [7, 11) is 0. The van der Waals surface area contributed by atoms with E-state index in [-0.39, 0.29) is 11.5 Å². The van der Waals surface area contributed by atoms with E-state index in [0.717, 1.165) is 12.0 Å². The number of hydrogen-bond donors (Lipinski definition) is 2. The van der Waals surface area contributed by atoms with Crippen LogP contribution in [0.1, 0.15) is 23.0 Å². The fourth-order valence-electron chi connectivity index (χ4n) is 1.54. The number of aryl methyl sites for hydroxylation is 1. The van der Waals surface area contributed by atoms with Gasteiger partial charge >= 0.3 is 5.97 Å². The molecule has 2 rings (SSSR count). The van der Waals surface area contributed by atoms with E-state index in [1.54, 1.807) is 6.07 Å². The third-order valence-electron chi connectivity index (χ3n) is 2.40. The number of rotatable bonds is 3. The first-order valence-electron chi connectivity index (χ1n) is 5.13. The molecule has 5 nitrogen and oxygen atoms in total. The lowest BCUT2D eigenvalue weighted by molar-refractivity contribution is 0.0652. The largest absolute Gasteiger partial charge is 0.508 e. The molecule has 2 N–H and O–H groups in total. The number of aromatic hydroxyl groups is 1. The molecule has 0 unspecified atom stereocenters. The summed E-state index contributed by atoms with van der Waals surface area (Å²) in [6, 6.07) is 6.34. The minimum absolute atomic E-state index is 0.124. The maximum absolute atomic E-state index is 10.7. The molecular formula is C12H11NO4. The van der Waals surface area contributed by atoms with Crippen molar-refractivity contribution >= 4 is 5.97 Å². The van der Waals surface area contributed by atoms with Gasteiger partial charge < -0.3 is 14.7 Å². The molecule has 0 saturated carbocycles. The number of phenolic OH excluding ortho intramolecular Hbond substituents is 1. The summed E-state index contributed by atoms with van der Waals surface area (Å²) in [5, 5.41) is 21.9. The molecule has 0 saturated heterocycles. The molecular weight excluding hydrogens is 222 g/mol. The van der Waals surface area contributed by atoms with Crippen LogP contribution < -0.4 is 0 Å². The van der Waals surface area contributed by atoms with Gasteiger partial charge in [0.2, 0.25) is 5.76 Å². The van der Waals surface area contributed by atoms with Crippen molar-refractivity contribution in [2.24, 2.45) is 0 Å². The van der Waals surface area contributed by atoms with Gasteiger partial charge in [-0.3, -0.25) is 0 Å². The minimum Gasteiger partial charge on any atom is -0.508 e. The summed E-state index contributed by atoms with van der Waals surface area (Å²) in [5.74, 6) is -1.26. The fraction of sp³-hybridized carbons (Fsp3) is 0.167. The Hall–Kier alpha value is -2.30. The molecule has 0 amide bonds. The quantitative estimate of drug-likeness (QED) is 0.849. The van der Waals surface area contributed by atoms with E-state index in [0.29, 0.717) is 11.3 Å². The minimum atomic E-state index is -1.17. The molecule has 1 aromatic carbocycles. The van der Waals surface area contributed by atoms with Gasteiger partial charge in [-0.15, -0.1) is 0 Å². The third-order valence-corrected chi connectivity index (χ3v) is 2.40. The number of carboxylic acids is 1. The number of carboxylic acid groups (broad SMARTS) is 1. The van der Waals surface area contributed by atoms with Gasteiger partial charge in [0.15, 0.2) is 0 Å². The molecule has 0 atom stereocenters. The van der Waals surface area contributed by atoms with Crippen molar-refractivity contribution in [3.63, 3.8) is 0 Å². The van der Waals surface area contributed by atoms with Crippen molar-refractivity contribution in [3.05, 3.63) is 35.6 Å². The number of aromatic carboxylic acids is 1. The van der Waals surface area contributed by atoms with E-state index in [2.05, 4.69) is 9.68 Å². The zero-order valence-corrected chi connectivity index (χ0v) is 9.17. The number of carbonyl (C=O) groups is 1. The normalized spacial score (nSPS) is 10.4. The van der Waals surface area contributed by atoms with E-state index in [1.807, 2.05) is 13.0 Å². The molecule has 2 aromatic rings. The van der Waals surface area contributed by atoms with Crippen molar-refractivity contribution in [2.45, 2.75) is 13.3 Å². The van der Waals surface area contributed by atoms with Gasteiger partial charge in [0.05, 0.1) is 0 Å². The highest BCUT2D eigenvalue weighted by Crippen LogP contribution is 2.25. The second-order valence-corrected chi connectivity index (χ2v) is 3.62. The Morgan fingerprint density at radius 2 is 2.12 bits per heavy atom. The van der Waals surface area contributed by atoms with Gasteiger partial charge in [-0.05, 0) is 30.2 Å². The summed E-state index contributed by atoms with van der Waals surface area (Å²) in [6.07, 6.45) is 0.769. The zero-order chi connectivity index (χ0) is 12.4. The predicted octanol–water partition coefficient (Wildman–Crippen LogP) is 2.31. The maximum atomic E-state index is 10.7. The fourth-order valence-corrected chi connectivity index (χ4v) is 1.54. The van der Waals surface area contributed by atoms with Crippen LogP contribution in [0, 0.1) is 0 Å². The molecule has 1 aromatic heterocycles. The van der Waals surface area contributed by atoms with Crippen LogP contribution in [-0.2, 0) is 6.42 Å². The Morgan fingerprint density at radius 1 is 1.35 bits per heavy atom. The number of phenols is 1. The number of nitrogens with zero attached hydrogens (tertiary/aromatic N) is 1. The van der Waals surface area contributed by atoms with Gasteiger partial charge in [0, 0.05) is 11.6 Å². The summed E-state index contributed by atoms with van der Waals surface area (Å²) < 4.78 is 4.66. The lowest BCUT2D eigenvalue weighted by atomic mass is 10.1. The molecule has 88 valence electrons. The molecule has 1 heterocycles. The molecule has 0 aliphatic carbocycles. The van der Waals surface area contributed by atoms with Crippen LogP contribution in [0.15, 0.2) is 28.8 Å². The smallest absolute Gasteiger partial charge is 0.374 e. The first kappa shape index (κ1) is 11.2. The molecule has 0 radical (unpaired) electrons. The van der Waals surface area contributed by atoms with E-state index in [4.69, 9.17) is 5.11 Å². The van der Waals surface area contributed by atoms with Gasteiger partial charge in [0.1, 0.15) is 11.4 Å². The van der Waals surface area contributed by atoms with Crippen molar-refractivity contribution in [2.75, 3.05) is 0 Å². The second kappa shape index (κ2) is 4.29. The van der Waals surface area contributed by atoms with Crippen LogP contribution in [0.5, 0.6) is 5.75 Å². The van der Waals surface area contributed by atoms with Crippen molar-refractivity contribution < 1.29 is 19.5 Å². The highest BCUT2D eigenvalue weighted by atomic mass is 16.5. The Labute approximate surface area is 97.3 Å². The summed E-state index contributed by atoms with van der Waals surface area (Å²) >= 11 is 0. The summed E-state index contributed by atoms with van der Waals surface area (Å²) in [5.41, 5.74) is 1.98. The van der Waals surface area contributed by atoms with Gasteiger partial charge in [-0.1, -0.05) is 12.1 Å². The first-order chi connectivity index (χ1) is 8.10. The molecule has 0 fully saturated rings. The highest BCUT2D eigenvalue weighted by Gasteiger charge is 2.13.